The molecule has 1 unspecified atom stereocenters. The number of sulfonamides is 1. The highest BCUT2D eigenvalue weighted by atomic mass is 79.9. The second kappa shape index (κ2) is 5.00. The normalized spacial score (nSPS) is 21.9. The van der Waals surface area contributed by atoms with E-state index in [-0.39, 0.29) is 24.8 Å². The molecule has 0 aromatic carbocycles. The van der Waals surface area contributed by atoms with Crippen molar-refractivity contribution in [2.24, 2.45) is 0 Å². The minimum Gasteiger partial charge on any atom is -0.479 e. The van der Waals surface area contributed by atoms with Crippen LogP contribution in [0.15, 0.2) is 26.3 Å². The van der Waals surface area contributed by atoms with Crippen LogP contribution in [0.2, 0.25) is 0 Å². The third-order valence-corrected chi connectivity index (χ3v) is 5.15. The summed E-state index contributed by atoms with van der Waals surface area (Å²) in [6.45, 7) is -0.0986. The zero-order valence-corrected chi connectivity index (χ0v) is 11.5. The van der Waals surface area contributed by atoms with Gasteiger partial charge in [0.15, 0.2) is 6.10 Å². The monoisotopic (exact) mass is 339 g/mol. The molecule has 1 saturated heterocycles. The standard InChI is InChI=1S/C9H10BrNO6S/c10-6-1-3-17-9(6)18(14,15)11-2-4-16-7(5-11)8(12)13/h1,3,7H,2,4-5H2,(H,12,13). The van der Waals surface area contributed by atoms with Crippen molar-refractivity contribution in [1.29, 1.82) is 0 Å². The molecule has 1 atom stereocenters. The molecule has 0 saturated carbocycles. The summed E-state index contributed by atoms with van der Waals surface area (Å²) in [5.41, 5.74) is 0. The molecule has 1 fully saturated rings. The highest BCUT2D eigenvalue weighted by molar-refractivity contribution is 9.10. The van der Waals surface area contributed by atoms with Gasteiger partial charge in [0.1, 0.15) is 0 Å². The molecule has 0 bridgehead atoms. The number of halogens is 1. The Morgan fingerprint density at radius 1 is 1.56 bits per heavy atom. The van der Waals surface area contributed by atoms with Gasteiger partial charge in [-0.05, 0) is 22.0 Å². The van der Waals surface area contributed by atoms with Crippen LogP contribution in [0.3, 0.4) is 0 Å². The number of carbonyl (C=O) groups is 1. The quantitative estimate of drug-likeness (QED) is 0.861. The van der Waals surface area contributed by atoms with Crippen LogP contribution < -0.4 is 0 Å². The van der Waals surface area contributed by atoms with Gasteiger partial charge in [-0.25, -0.2) is 13.2 Å². The summed E-state index contributed by atoms with van der Waals surface area (Å²) < 4.78 is 35.6. The van der Waals surface area contributed by atoms with Crippen molar-refractivity contribution in [3.8, 4) is 0 Å². The first kappa shape index (κ1) is 13.5. The summed E-state index contributed by atoms with van der Waals surface area (Å²) in [5, 5.41) is 8.60. The van der Waals surface area contributed by atoms with Gasteiger partial charge in [0.25, 0.3) is 10.0 Å². The predicted octanol–water partition coefficient (Wildman–Crippen LogP) is 0.516. The number of nitrogens with zero attached hydrogens (tertiary/aromatic N) is 1. The van der Waals surface area contributed by atoms with E-state index in [1.54, 1.807) is 0 Å². The molecule has 0 aliphatic carbocycles. The first-order valence-corrected chi connectivity index (χ1v) is 7.24. The first-order valence-electron chi connectivity index (χ1n) is 5.00. The third-order valence-electron chi connectivity index (χ3n) is 2.46. The van der Waals surface area contributed by atoms with E-state index in [1.807, 2.05) is 0 Å². The number of aliphatic carboxylic acids is 1. The number of morpholine rings is 1. The Morgan fingerprint density at radius 2 is 2.28 bits per heavy atom. The number of carboxylic acids is 1. The lowest BCUT2D eigenvalue weighted by Crippen LogP contribution is -2.48. The van der Waals surface area contributed by atoms with Crippen LogP contribution in [-0.2, 0) is 19.6 Å². The molecule has 0 amide bonds. The zero-order chi connectivity index (χ0) is 13.3. The molecule has 1 aromatic rings. The number of hydrogen-bond donors (Lipinski definition) is 1. The lowest BCUT2D eigenvalue weighted by atomic mass is 10.3. The fourth-order valence-electron chi connectivity index (χ4n) is 1.57. The summed E-state index contributed by atoms with van der Waals surface area (Å²) in [5.74, 6) is -1.19. The first-order chi connectivity index (χ1) is 8.43. The van der Waals surface area contributed by atoms with Crippen LogP contribution in [0.25, 0.3) is 0 Å². The number of hydrogen-bond acceptors (Lipinski definition) is 5. The maximum Gasteiger partial charge on any atom is 0.334 e. The van der Waals surface area contributed by atoms with Crippen molar-refractivity contribution in [1.82, 2.24) is 4.31 Å². The summed E-state index contributed by atoms with van der Waals surface area (Å²) in [4.78, 5) is 10.8. The van der Waals surface area contributed by atoms with Gasteiger partial charge >= 0.3 is 5.97 Å². The molecule has 1 N–H and O–H groups in total. The number of rotatable bonds is 3. The van der Waals surface area contributed by atoms with Gasteiger partial charge in [-0.3, -0.25) is 0 Å². The second-order valence-electron chi connectivity index (χ2n) is 3.62. The van der Waals surface area contributed by atoms with Gasteiger partial charge in [-0.15, -0.1) is 0 Å². The maximum absolute atomic E-state index is 12.2. The average molecular weight is 340 g/mol. The Morgan fingerprint density at radius 3 is 2.83 bits per heavy atom. The maximum atomic E-state index is 12.2. The second-order valence-corrected chi connectivity index (χ2v) is 6.31. The molecular weight excluding hydrogens is 330 g/mol. The van der Waals surface area contributed by atoms with E-state index in [0.29, 0.717) is 4.47 Å². The van der Waals surface area contributed by atoms with E-state index in [4.69, 9.17) is 14.3 Å². The number of carboxylic acid groups (broad SMARTS) is 1. The largest absolute Gasteiger partial charge is 0.479 e. The molecule has 1 aliphatic heterocycles. The number of furan rings is 1. The molecule has 1 aliphatic rings. The Kier molecular flexibility index (Phi) is 3.76. The van der Waals surface area contributed by atoms with E-state index in [2.05, 4.69) is 15.9 Å². The highest BCUT2D eigenvalue weighted by Crippen LogP contribution is 2.27. The van der Waals surface area contributed by atoms with Gasteiger partial charge in [0, 0.05) is 6.54 Å². The van der Waals surface area contributed by atoms with Crippen LogP contribution in [0.1, 0.15) is 0 Å². The van der Waals surface area contributed by atoms with Gasteiger partial charge in [-0.2, -0.15) is 4.31 Å². The summed E-state index contributed by atoms with van der Waals surface area (Å²) in [7, 11) is -3.84. The van der Waals surface area contributed by atoms with Crippen LogP contribution in [-0.4, -0.2) is 49.6 Å². The van der Waals surface area contributed by atoms with Crippen LogP contribution in [0, 0.1) is 0 Å². The Balaban J connectivity index is 2.26. The molecule has 0 spiro atoms. The molecule has 2 rings (SSSR count). The predicted molar refractivity (Wildman–Crippen MR) is 62.5 cm³/mol. The molecule has 2 heterocycles. The molecular formula is C9H10BrNO6S. The molecule has 9 heteroatoms. The topological polar surface area (TPSA) is 97.1 Å². The van der Waals surface area contributed by atoms with Crippen molar-refractivity contribution in [3.63, 3.8) is 0 Å². The van der Waals surface area contributed by atoms with Crippen molar-refractivity contribution in [3.05, 3.63) is 16.8 Å². The number of ether oxygens (including phenoxy) is 1. The fourth-order valence-corrected chi connectivity index (χ4v) is 3.76. The average Bonchev–Trinajstić information content (AvgIpc) is 2.76. The van der Waals surface area contributed by atoms with Crippen molar-refractivity contribution in [2.75, 3.05) is 19.7 Å². The van der Waals surface area contributed by atoms with Crippen LogP contribution in [0.5, 0.6) is 0 Å². The van der Waals surface area contributed by atoms with E-state index in [9.17, 15) is 13.2 Å². The SMILES string of the molecule is O=C(O)C1CN(S(=O)(=O)c2occc2Br)CCO1. The summed E-state index contributed by atoms with van der Waals surface area (Å²) >= 11 is 3.07. The van der Waals surface area contributed by atoms with E-state index in [0.717, 1.165) is 4.31 Å². The summed E-state index contributed by atoms with van der Waals surface area (Å²) in [6, 6.07) is 1.46. The Labute approximate surface area is 112 Å². The highest BCUT2D eigenvalue weighted by Gasteiger charge is 2.36. The molecule has 1 aromatic heterocycles. The zero-order valence-electron chi connectivity index (χ0n) is 9.08. The van der Waals surface area contributed by atoms with Crippen LogP contribution in [0.4, 0.5) is 0 Å². The Bertz CT molecular complexity index is 553. The van der Waals surface area contributed by atoms with Crippen molar-refractivity contribution < 1.29 is 27.5 Å². The van der Waals surface area contributed by atoms with E-state index < -0.39 is 22.1 Å². The van der Waals surface area contributed by atoms with Gasteiger partial charge < -0.3 is 14.3 Å². The molecule has 18 heavy (non-hydrogen) atoms. The van der Waals surface area contributed by atoms with E-state index >= 15 is 0 Å². The van der Waals surface area contributed by atoms with Gasteiger partial charge in [0.2, 0.25) is 5.09 Å². The van der Waals surface area contributed by atoms with Gasteiger partial charge in [0.05, 0.1) is 23.9 Å². The lowest BCUT2D eigenvalue weighted by molar-refractivity contribution is -0.153. The van der Waals surface area contributed by atoms with Crippen molar-refractivity contribution >= 4 is 31.9 Å². The molecule has 100 valence electrons. The minimum atomic E-state index is -3.84. The molecule has 0 radical (unpaired) electrons. The third kappa shape index (κ3) is 2.44. The van der Waals surface area contributed by atoms with E-state index in [1.165, 1.54) is 12.3 Å². The smallest absolute Gasteiger partial charge is 0.334 e. The van der Waals surface area contributed by atoms with Crippen molar-refractivity contribution in [2.45, 2.75) is 11.2 Å². The Hall–Kier alpha value is -0.900. The van der Waals surface area contributed by atoms with Gasteiger partial charge in [-0.1, -0.05) is 0 Å². The summed E-state index contributed by atoms with van der Waals surface area (Å²) in [6.07, 6.45) is 0.0915. The fraction of sp³-hybridized carbons (Fsp3) is 0.444. The molecule has 7 nitrogen and oxygen atoms in total. The lowest BCUT2D eigenvalue weighted by Gasteiger charge is -2.29. The van der Waals surface area contributed by atoms with Crippen LogP contribution >= 0.6 is 15.9 Å². The minimum absolute atomic E-state index is 0.0362.